The van der Waals surface area contributed by atoms with E-state index in [0.717, 1.165) is 27.8 Å². The van der Waals surface area contributed by atoms with Gasteiger partial charge >= 0.3 is 0 Å². The highest BCUT2D eigenvalue weighted by Crippen LogP contribution is 2.34. The number of halogens is 2. The third-order valence-electron chi connectivity index (χ3n) is 3.45. The third-order valence-corrected chi connectivity index (χ3v) is 4.62. The van der Waals surface area contributed by atoms with Crippen LogP contribution in [0.3, 0.4) is 0 Å². The molecule has 0 saturated carbocycles. The third kappa shape index (κ3) is 6.27. The molecule has 0 aliphatic rings. The Morgan fingerprint density at radius 1 is 1.19 bits per heavy atom. The van der Waals surface area contributed by atoms with Crippen LogP contribution in [0.1, 0.15) is 25.8 Å². The Morgan fingerprint density at radius 2 is 1.76 bits per heavy atom. The first kappa shape index (κ1) is 18.9. The van der Waals surface area contributed by atoms with Crippen molar-refractivity contribution in [3.8, 4) is 5.75 Å². The van der Waals surface area contributed by atoms with Crippen LogP contribution in [0.5, 0.6) is 5.75 Å². The highest BCUT2D eigenvalue weighted by atomic mass is 79.9. The topological polar surface area (TPSA) is 24.5 Å². The van der Waals surface area contributed by atoms with Gasteiger partial charge < -0.3 is 15.0 Å². The van der Waals surface area contributed by atoms with Gasteiger partial charge in [0.2, 0.25) is 0 Å². The molecule has 1 rings (SSSR count). The van der Waals surface area contributed by atoms with E-state index in [9.17, 15) is 0 Å². The summed E-state index contributed by atoms with van der Waals surface area (Å²) < 4.78 is 7.28. The van der Waals surface area contributed by atoms with Crippen molar-refractivity contribution in [2.45, 2.75) is 32.9 Å². The van der Waals surface area contributed by atoms with E-state index >= 15 is 0 Å². The lowest BCUT2D eigenvalue weighted by atomic mass is 10.0. The number of likely N-dealkylation sites (N-methyl/N-ethyl adjacent to an activating group) is 1. The first-order chi connectivity index (χ1) is 9.85. The van der Waals surface area contributed by atoms with Crippen LogP contribution in [-0.2, 0) is 6.54 Å². The Hall–Kier alpha value is -0.100. The number of nitrogens with zero attached hydrogens (tertiary/aromatic N) is 1. The molecule has 0 spiro atoms. The molecule has 0 aromatic heterocycles. The minimum absolute atomic E-state index is 0.565. The van der Waals surface area contributed by atoms with Gasteiger partial charge in [-0.1, -0.05) is 13.8 Å². The summed E-state index contributed by atoms with van der Waals surface area (Å²) in [5, 5.41) is 3.56. The maximum atomic E-state index is 5.33. The SMILES string of the molecule is COc1c(Br)cc(CNCC(CC(C)C)N(C)C)cc1Br. The Kier molecular flexibility index (Phi) is 8.24. The van der Waals surface area contributed by atoms with Crippen LogP contribution in [0.2, 0.25) is 0 Å². The van der Waals surface area contributed by atoms with E-state index in [0.29, 0.717) is 12.0 Å². The van der Waals surface area contributed by atoms with Crippen molar-refractivity contribution in [3.63, 3.8) is 0 Å². The van der Waals surface area contributed by atoms with Crippen molar-refractivity contribution in [3.05, 3.63) is 26.6 Å². The van der Waals surface area contributed by atoms with Crippen LogP contribution < -0.4 is 10.1 Å². The molecule has 0 aliphatic carbocycles. The Balaban J connectivity index is 2.59. The smallest absolute Gasteiger partial charge is 0.147 e. The van der Waals surface area contributed by atoms with Gasteiger partial charge in [0.1, 0.15) is 5.75 Å². The average Bonchev–Trinajstić information content (AvgIpc) is 2.36. The van der Waals surface area contributed by atoms with E-state index in [2.05, 4.69) is 82.2 Å². The Morgan fingerprint density at radius 3 is 2.19 bits per heavy atom. The number of rotatable bonds is 8. The van der Waals surface area contributed by atoms with Gasteiger partial charge in [-0.25, -0.2) is 0 Å². The normalized spacial score (nSPS) is 13.0. The molecule has 1 unspecified atom stereocenters. The summed E-state index contributed by atoms with van der Waals surface area (Å²) >= 11 is 7.09. The van der Waals surface area contributed by atoms with E-state index in [1.165, 1.54) is 12.0 Å². The summed E-state index contributed by atoms with van der Waals surface area (Å²) in [6, 6.07) is 4.77. The molecule has 1 aromatic carbocycles. The molecule has 120 valence electrons. The maximum Gasteiger partial charge on any atom is 0.147 e. The predicted molar refractivity (Wildman–Crippen MR) is 97.0 cm³/mol. The molecule has 0 radical (unpaired) electrons. The molecule has 0 fully saturated rings. The van der Waals surface area contributed by atoms with Crippen molar-refractivity contribution in [2.75, 3.05) is 27.7 Å². The fourth-order valence-electron chi connectivity index (χ4n) is 2.31. The second-order valence-electron chi connectivity index (χ2n) is 5.97. The van der Waals surface area contributed by atoms with Crippen LogP contribution in [-0.4, -0.2) is 38.7 Å². The minimum atomic E-state index is 0.565. The lowest BCUT2D eigenvalue weighted by molar-refractivity contribution is 0.246. The molecule has 0 aliphatic heterocycles. The number of ether oxygens (including phenoxy) is 1. The van der Waals surface area contributed by atoms with Gasteiger partial charge in [-0.2, -0.15) is 0 Å². The van der Waals surface area contributed by atoms with E-state index in [-0.39, 0.29) is 0 Å². The van der Waals surface area contributed by atoms with E-state index in [4.69, 9.17) is 4.74 Å². The van der Waals surface area contributed by atoms with Crippen molar-refractivity contribution < 1.29 is 4.74 Å². The lowest BCUT2D eigenvalue weighted by Crippen LogP contribution is -2.38. The molecular formula is C16H26Br2N2O. The van der Waals surface area contributed by atoms with E-state index in [1.807, 2.05) is 0 Å². The summed E-state index contributed by atoms with van der Waals surface area (Å²) in [5.41, 5.74) is 1.23. The van der Waals surface area contributed by atoms with Crippen LogP contribution in [0.15, 0.2) is 21.1 Å². The van der Waals surface area contributed by atoms with E-state index < -0.39 is 0 Å². The van der Waals surface area contributed by atoms with Crippen LogP contribution in [0, 0.1) is 5.92 Å². The fourth-order valence-corrected chi connectivity index (χ4v) is 3.92. The first-order valence-electron chi connectivity index (χ1n) is 7.24. The second kappa shape index (κ2) is 9.13. The highest BCUT2D eigenvalue weighted by Gasteiger charge is 2.13. The minimum Gasteiger partial charge on any atom is -0.494 e. The molecular weight excluding hydrogens is 396 g/mol. The highest BCUT2D eigenvalue weighted by molar-refractivity contribution is 9.11. The van der Waals surface area contributed by atoms with Crippen LogP contribution in [0.25, 0.3) is 0 Å². The van der Waals surface area contributed by atoms with Gasteiger partial charge in [-0.15, -0.1) is 0 Å². The summed E-state index contributed by atoms with van der Waals surface area (Å²) in [4.78, 5) is 2.30. The molecule has 21 heavy (non-hydrogen) atoms. The van der Waals surface area contributed by atoms with Crippen molar-refractivity contribution in [1.29, 1.82) is 0 Å². The van der Waals surface area contributed by atoms with Gasteiger partial charge in [0.05, 0.1) is 16.1 Å². The molecule has 5 heteroatoms. The largest absolute Gasteiger partial charge is 0.494 e. The molecule has 1 atom stereocenters. The molecule has 0 heterocycles. The molecule has 1 aromatic rings. The van der Waals surface area contributed by atoms with Crippen LogP contribution in [0.4, 0.5) is 0 Å². The number of hydrogen-bond acceptors (Lipinski definition) is 3. The Bertz CT molecular complexity index is 427. The summed E-state index contributed by atoms with van der Waals surface area (Å²) in [6.07, 6.45) is 1.20. The monoisotopic (exact) mass is 420 g/mol. The first-order valence-corrected chi connectivity index (χ1v) is 8.82. The lowest BCUT2D eigenvalue weighted by Gasteiger charge is -2.26. The fraction of sp³-hybridized carbons (Fsp3) is 0.625. The zero-order chi connectivity index (χ0) is 16.0. The number of hydrogen-bond donors (Lipinski definition) is 1. The molecule has 3 nitrogen and oxygen atoms in total. The predicted octanol–water partition coefficient (Wildman–Crippen LogP) is 4.29. The zero-order valence-corrected chi connectivity index (χ0v) is 16.7. The quantitative estimate of drug-likeness (QED) is 0.677. The van der Waals surface area contributed by atoms with Gasteiger partial charge in [-0.05, 0) is 76.0 Å². The van der Waals surface area contributed by atoms with E-state index in [1.54, 1.807) is 7.11 Å². The van der Waals surface area contributed by atoms with Gasteiger partial charge in [-0.3, -0.25) is 0 Å². The van der Waals surface area contributed by atoms with Crippen molar-refractivity contribution in [2.24, 2.45) is 5.92 Å². The standard InChI is InChI=1S/C16H26Br2N2O/c1-11(2)6-13(20(3)4)10-19-9-12-7-14(17)16(21-5)15(18)8-12/h7-8,11,13,19H,6,9-10H2,1-5H3. The number of nitrogens with one attached hydrogen (secondary N) is 1. The summed E-state index contributed by atoms with van der Waals surface area (Å²) in [5.74, 6) is 1.55. The average molecular weight is 422 g/mol. The maximum absolute atomic E-state index is 5.33. The van der Waals surface area contributed by atoms with Gasteiger partial charge in [0.25, 0.3) is 0 Å². The molecule has 0 amide bonds. The molecule has 1 N–H and O–H groups in total. The number of methoxy groups -OCH3 is 1. The summed E-state index contributed by atoms with van der Waals surface area (Å²) in [6.45, 7) is 6.39. The van der Waals surface area contributed by atoms with Crippen LogP contribution >= 0.6 is 31.9 Å². The van der Waals surface area contributed by atoms with Gasteiger partial charge in [0.15, 0.2) is 0 Å². The molecule has 0 saturated heterocycles. The zero-order valence-electron chi connectivity index (χ0n) is 13.5. The number of benzene rings is 1. The van der Waals surface area contributed by atoms with Gasteiger partial charge in [0, 0.05) is 19.1 Å². The Labute approximate surface area is 145 Å². The van der Waals surface area contributed by atoms with Crippen molar-refractivity contribution >= 4 is 31.9 Å². The summed E-state index contributed by atoms with van der Waals surface area (Å²) in [7, 11) is 5.97. The van der Waals surface area contributed by atoms with Crippen molar-refractivity contribution in [1.82, 2.24) is 10.2 Å². The second-order valence-corrected chi connectivity index (χ2v) is 7.68. The molecule has 0 bridgehead atoms.